The molecule has 0 spiro atoms. The number of fused-ring (bicyclic) bond motifs is 1. The summed E-state index contributed by atoms with van der Waals surface area (Å²) in [5, 5.41) is 16.7. The summed E-state index contributed by atoms with van der Waals surface area (Å²) in [6.45, 7) is 10.3. The van der Waals surface area contributed by atoms with Crippen LogP contribution in [0.25, 0.3) is 16.6 Å². The molecule has 2 aromatic heterocycles. The van der Waals surface area contributed by atoms with Gasteiger partial charge in [0.25, 0.3) is 0 Å². The van der Waals surface area contributed by atoms with Crippen molar-refractivity contribution >= 4 is 28.9 Å². The number of hydrogen-bond acceptors (Lipinski definition) is 8. The van der Waals surface area contributed by atoms with Gasteiger partial charge in [-0.15, -0.1) is 0 Å². The van der Waals surface area contributed by atoms with Crippen LogP contribution in [0.15, 0.2) is 48.3 Å². The summed E-state index contributed by atoms with van der Waals surface area (Å²) >= 11 is 0. The summed E-state index contributed by atoms with van der Waals surface area (Å²) < 4.78 is 47.3. The molecule has 0 aliphatic carbocycles. The van der Waals surface area contributed by atoms with Crippen LogP contribution >= 0.6 is 0 Å². The van der Waals surface area contributed by atoms with Crippen LogP contribution in [-0.4, -0.2) is 65.6 Å². The number of aliphatic hydroxyl groups excluding tert-OH is 1. The lowest BCUT2D eigenvalue weighted by molar-refractivity contribution is -0.0992. The summed E-state index contributed by atoms with van der Waals surface area (Å²) in [4.78, 5) is 17.3. The smallest absolute Gasteiger partial charge is 0.420 e. The molecule has 0 radical (unpaired) electrons. The van der Waals surface area contributed by atoms with Gasteiger partial charge in [0, 0.05) is 44.7 Å². The van der Waals surface area contributed by atoms with Crippen molar-refractivity contribution in [1.29, 1.82) is 0 Å². The maximum absolute atomic E-state index is 16.0. The second-order valence-electron chi connectivity index (χ2n) is 10.5. The molecule has 3 aromatic rings. The number of rotatable bonds is 8. The van der Waals surface area contributed by atoms with E-state index in [-0.39, 0.29) is 34.5 Å². The van der Waals surface area contributed by atoms with Gasteiger partial charge in [-0.05, 0) is 51.0 Å². The standard InChI is InChI=1S/C30H34F2N4O5/c1-19(15-34-35(6)7)22-16-33-27-25(26(22)32)23(17-36(27)28(38)41-29(2,3)4)24(37)12-13-30(5,40-18-39-8)20-10-9-11-21(31)14-20/h9-11,14-17,24,37H,1,18H2,2-8H3. The lowest BCUT2D eigenvalue weighted by Gasteiger charge is -2.24. The molecule has 0 saturated heterocycles. The Balaban J connectivity index is 2.19. The van der Waals surface area contributed by atoms with Crippen molar-refractivity contribution in [2.75, 3.05) is 28.0 Å². The van der Waals surface area contributed by atoms with Crippen LogP contribution in [0.5, 0.6) is 0 Å². The molecule has 2 unspecified atom stereocenters. The Morgan fingerprint density at radius 2 is 2.00 bits per heavy atom. The molecule has 2 atom stereocenters. The average molecular weight is 569 g/mol. The normalized spacial score (nSPS) is 13.9. The zero-order chi connectivity index (χ0) is 30.5. The van der Waals surface area contributed by atoms with E-state index in [1.807, 2.05) is 0 Å². The highest BCUT2D eigenvalue weighted by Gasteiger charge is 2.29. The predicted molar refractivity (Wildman–Crippen MR) is 152 cm³/mol. The summed E-state index contributed by atoms with van der Waals surface area (Å²) in [5.74, 6) is 4.20. The van der Waals surface area contributed by atoms with E-state index in [9.17, 15) is 14.3 Å². The van der Waals surface area contributed by atoms with Crippen LogP contribution in [-0.2, 0) is 19.8 Å². The van der Waals surface area contributed by atoms with Crippen LogP contribution in [0.1, 0.15) is 50.5 Å². The topological polar surface area (TPSA) is 98.4 Å². The fourth-order valence-electron chi connectivity index (χ4n) is 3.76. The van der Waals surface area contributed by atoms with Crippen LogP contribution in [0.4, 0.5) is 13.6 Å². The molecule has 0 saturated carbocycles. The second kappa shape index (κ2) is 12.6. The maximum Gasteiger partial charge on any atom is 0.420 e. The molecular weight excluding hydrogens is 534 g/mol. The number of hydrazone groups is 1. The van der Waals surface area contributed by atoms with Crippen LogP contribution in [0, 0.1) is 23.5 Å². The number of carbonyl (C=O) groups excluding carboxylic acids is 1. The molecule has 0 amide bonds. The van der Waals surface area contributed by atoms with Gasteiger partial charge in [-0.3, -0.25) is 0 Å². The highest BCUT2D eigenvalue weighted by molar-refractivity contribution is 6.09. The van der Waals surface area contributed by atoms with Gasteiger partial charge in [-0.2, -0.15) is 5.10 Å². The number of aromatic nitrogens is 2. The van der Waals surface area contributed by atoms with Crippen molar-refractivity contribution in [3.8, 4) is 11.8 Å². The van der Waals surface area contributed by atoms with Gasteiger partial charge in [0.1, 0.15) is 30.1 Å². The lowest BCUT2D eigenvalue weighted by Crippen LogP contribution is -2.27. The highest BCUT2D eigenvalue weighted by atomic mass is 19.1. The third kappa shape index (κ3) is 7.55. The van der Waals surface area contributed by atoms with Gasteiger partial charge in [0.2, 0.25) is 0 Å². The Morgan fingerprint density at radius 1 is 1.29 bits per heavy atom. The average Bonchev–Trinajstić information content (AvgIpc) is 3.29. The first-order chi connectivity index (χ1) is 19.2. The van der Waals surface area contributed by atoms with Gasteiger partial charge in [-0.1, -0.05) is 30.6 Å². The summed E-state index contributed by atoms with van der Waals surface area (Å²) in [6, 6.07) is 5.64. The second-order valence-corrected chi connectivity index (χ2v) is 10.5. The van der Waals surface area contributed by atoms with Gasteiger partial charge in [-0.25, -0.2) is 23.1 Å². The number of methoxy groups -OCH3 is 1. The minimum atomic E-state index is -1.62. The molecule has 1 N–H and O–H groups in total. The summed E-state index contributed by atoms with van der Waals surface area (Å²) in [7, 11) is 4.82. The third-order valence-electron chi connectivity index (χ3n) is 5.74. The van der Waals surface area contributed by atoms with Gasteiger partial charge < -0.3 is 24.3 Å². The van der Waals surface area contributed by atoms with Crippen molar-refractivity contribution in [3.05, 3.63) is 71.6 Å². The monoisotopic (exact) mass is 568 g/mol. The zero-order valence-corrected chi connectivity index (χ0v) is 24.2. The number of halogens is 2. The number of nitrogens with zero attached hydrogens (tertiary/aromatic N) is 4. The Bertz CT molecular complexity index is 1530. The van der Waals surface area contributed by atoms with Crippen molar-refractivity contribution < 1.29 is 32.9 Å². The van der Waals surface area contributed by atoms with Crippen LogP contribution in [0.3, 0.4) is 0 Å². The number of carbonyl (C=O) groups is 1. The molecule has 3 rings (SSSR count). The highest BCUT2D eigenvalue weighted by Crippen LogP contribution is 2.32. The fraction of sp³-hybridized carbons (Fsp3) is 0.367. The van der Waals surface area contributed by atoms with E-state index in [1.165, 1.54) is 48.9 Å². The van der Waals surface area contributed by atoms with E-state index in [2.05, 4.69) is 28.5 Å². The number of hydrogen-bond donors (Lipinski definition) is 1. The van der Waals surface area contributed by atoms with Crippen molar-refractivity contribution in [2.24, 2.45) is 5.10 Å². The largest absolute Gasteiger partial charge is 0.443 e. The van der Waals surface area contributed by atoms with Crippen LogP contribution in [0.2, 0.25) is 0 Å². The molecule has 218 valence electrons. The number of pyridine rings is 1. The summed E-state index contributed by atoms with van der Waals surface area (Å²) in [6.07, 6.45) is 1.38. The molecule has 0 aliphatic heterocycles. The SMILES string of the molecule is C=C(C=NN(C)C)c1cnc2c(c(C(O)C#CC(C)(OCOC)c3cccc(F)c3)cn2C(=O)OC(C)(C)C)c1F. The van der Waals surface area contributed by atoms with Gasteiger partial charge >= 0.3 is 6.09 Å². The van der Waals surface area contributed by atoms with E-state index in [1.54, 1.807) is 47.9 Å². The van der Waals surface area contributed by atoms with Crippen LogP contribution < -0.4 is 0 Å². The molecular formula is C30H34F2N4O5. The molecule has 0 aliphatic rings. The van der Waals surface area contributed by atoms with Crippen molar-refractivity contribution in [1.82, 2.24) is 14.6 Å². The number of aliphatic hydroxyl groups is 1. The first kappa shape index (κ1) is 31.4. The van der Waals surface area contributed by atoms with E-state index >= 15 is 4.39 Å². The Morgan fingerprint density at radius 3 is 2.61 bits per heavy atom. The van der Waals surface area contributed by atoms with E-state index < -0.39 is 35.0 Å². The van der Waals surface area contributed by atoms with E-state index in [0.29, 0.717) is 5.56 Å². The molecule has 0 fully saturated rings. The third-order valence-corrected chi connectivity index (χ3v) is 5.74. The van der Waals surface area contributed by atoms with Gasteiger partial charge in [0.05, 0.1) is 11.6 Å². The minimum Gasteiger partial charge on any atom is -0.443 e. The number of ether oxygens (including phenoxy) is 3. The van der Waals surface area contributed by atoms with Crippen molar-refractivity contribution in [2.45, 2.75) is 45.0 Å². The Labute approximate surface area is 238 Å². The van der Waals surface area contributed by atoms with Crippen molar-refractivity contribution in [3.63, 3.8) is 0 Å². The Hall–Kier alpha value is -4.11. The quantitative estimate of drug-likeness (QED) is 0.172. The van der Waals surface area contributed by atoms with Gasteiger partial charge in [0.15, 0.2) is 11.2 Å². The van der Waals surface area contributed by atoms with E-state index in [0.717, 1.165) is 4.57 Å². The lowest BCUT2D eigenvalue weighted by atomic mass is 9.95. The molecule has 1 aromatic carbocycles. The fourth-order valence-corrected chi connectivity index (χ4v) is 3.76. The number of allylic oxidation sites excluding steroid dienone is 1. The van der Waals surface area contributed by atoms with E-state index in [4.69, 9.17) is 14.2 Å². The minimum absolute atomic E-state index is 0.0134. The molecule has 9 nitrogen and oxygen atoms in total. The molecule has 2 heterocycles. The zero-order valence-electron chi connectivity index (χ0n) is 24.2. The first-order valence-electron chi connectivity index (χ1n) is 12.6. The summed E-state index contributed by atoms with van der Waals surface area (Å²) in [5.41, 5.74) is -1.78. The molecule has 0 bridgehead atoms. The maximum atomic E-state index is 16.0. The predicted octanol–water partition coefficient (Wildman–Crippen LogP) is 5.23. The number of benzene rings is 1. The molecule has 11 heteroatoms. The molecule has 41 heavy (non-hydrogen) atoms. The Kier molecular flexibility index (Phi) is 9.65. The first-order valence-corrected chi connectivity index (χ1v) is 12.6.